The minimum Gasteiger partial charge on any atom is -0.396 e. The van der Waals surface area contributed by atoms with Crippen LogP contribution in [0.25, 0.3) is 0 Å². The Balaban J connectivity index is 0.000000606. The van der Waals surface area contributed by atoms with Crippen LogP contribution in [0, 0.1) is 10.8 Å². The van der Waals surface area contributed by atoms with Crippen molar-refractivity contribution in [3.63, 3.8) is 0 Å². The molecule has 2 heterocycles. The fraction of sp³-hybridized carbons (Fsp3) is 1.00. The van der Waals surface area contributed by atoms with Gasteiger partial charge < -0.3 is 15.3 Å². The van der Waals surface area contributed by atoms with Crippen LogP contribution in [0.1, 0.15) is 34.1 Å². The van der Waals surface area contributed by atoms with Crippen LogP contribution in [0.2, 0.25) is 0 Å². The molecule has 2 atom stereocenters. The Morgan fingerprint density at radius 2 is 1.62 bits per heavy atom. The molecule has 2 aliphatic rings. The van der Waals surface area contributed by atoms with Gasteiger partial charge in [0.1, 0.15) is 0 Å². The molecule has 0 spiro atoms. The zero-order valence-electron chi connectivity index (χ0n) is 11.3. The molecular weight excluding hydrogens is 200 g/mol. The molecule has 96 valence electrons. The van der Waals surface area contributed by atoms with Crippen molar-refractivity contribution in [3.05, 3.63) is 0 Å². The quantitative estimate of drug-likeness (QED) is 0.765. The van der Waals surface area contributed by atoms with Gasteiger partial charge in [-0.1, -0.05) is 27.7 Å². The SMILES string of the molecule is CC.C[C@@]12CNC[C@]1(C)CN(CCCO)C2. The lowest BCUT2D eigenvalue weighted by Gasteiger charge is -2.31. The number of nitrogens with one attached hydrogen (secondary N) is 1. The van der Waals surface area contributed by atoms with Crippen molar-refractivity contribution in [1.29, 1.82) is 0 Å². The third-order valence-electron chi connectivity index (χ3n) is 4.27. The predicted molar refractivity (Wildman–Crippen MR) is 68.6 cm³/mol. The maximum absolute atomic E-state index is 8.82. The lowest BCUT2D eigenvalue weighted by Crippen LogP contribution is -2.34. The Hall–Kier alpha value is -0.120. The van der Waals surface area contributed by atoms with Gasteiger partial charge in [0, 0.05) is 50.2 Å². The molecule has 0 unspecified atom stereocenters. The summed E-state index contributed by atoms with van der Waals surface area (Å²) in [5.41, 5.74) is 0.894. The highest BCUT2D eigenvalue weighted by atomic mass is 16.3. The van der Waals surface area contributed by atoms with Crippen molar-refractivity contribution in [2.75, 3.05) is 39.3 Å². The Kier molecular flexibility index (Phi) is 4.77. The van der Waals surface area contributed by atoms with Gasteiger partial charge in [-0.3, -0.25) is 0 Å². The van der Waals surface area contributed by atoms with Crippen molar-refractivity contribution >= 4 is 0 Å². The minimum atomic E-state index is 0.322. The molecule has 16 heavy (non-hydrogen) atoms. The molecule has 2 aliphatic heterocycles. The summed E-state index contributed by atoms with van der Waals surface area (Å²) in [6.07, 6.45) is 0.916. The summed E-state index contributed by atoms with van der Waals surface area (Å²) in [6, 6.07) is 0. The highest BCUT2D eigenvalue weighted by Crippen LogP contribution is 2.48. The Labute approximate surface area is 100 Å². The normalized spacial score (nSPS) is 38.1. The summed E-state index contributed by atoms with van der Waals surface area (Å²) in [5, 5.41) is 12.3. The van der Waals surface area contributed by atoms with Crippen LogP contribution in [-0.4, -0.2) is 49.3 Å². The van der Waals surface area contributed by atoms with E-state index in [9.17, 15) is 0 Å². The third-order valence-corrected chi connectivity index (χ3v) is 4.27. The van der Waals surface area contributed by atoms with E-state index in [1.165, 1.54) is 13.1 Å². The number of nitrogens with zero attached hydrogens (tertiary/aromatic N) is 1. The minimum absolute atomic E-state index is 0.322. The van der Waals surface area contributed by atoms with Crippen molar-refractivity contribution < 1.29 is 5.11 Å². The van der Waals surface area contributed by atoms with E-state index in [0.717, 1.165) is 26.1 Å². The summed E-state index contributed by atoms with van der Waals surface area (Å²) < 4.78 is 0. The summed E-state index contributed by atoms with van der Waals surface area (Å²) in [5.74, 6) is 0. The summed E-state index contributed by atoms with van der Waals surface area (Å²) >= 11 is 0. The number of hydrogen-bond donors (Lipinski definition) is 2. The van der Waals surface area contributed by atoms with Crippen LogP contribution < -0.4 is 5.32 Å². The highest BCUT2D eigenvalue weighted by Gasteiger charge is 2.54. The van der Waals surface area contributed by atoms with Gasteiger partial charge in [-0.25, -0.2) is 0 Å². The first kappa shape index (κ1) is 13.9. The second-order valence-electron chi connectivity index (χ2n) is 5.51. The van der Waals surface area contributed by atoms with Gasteiger partial charge >= 0.3 is 0 Å². The first-order chi connectivity index (χ1) is 7.60. The zero-order valence-corrected chi connectivity index (χ0v) is 11.3. The van der Waals surface area contributed by atoms with Crippen LogP contribution in [-0.2, 0) is 0 Å². The number of likely N-dealkylation sites (tertiary alicyclic amines) is 1. The second kappa shape index (κ2) is 5.48. The molecule has 2 saturated heterocycles. The molecule has 3 nitrogen and oxygen atoms in total. The van der Waals surface area contributed by atoms with Gasteiger partial charge in [0.05, 0.1) is 0 Å². The molecule has 0 amide bonds. The molecule has 2 N–H and O–H groups in total. The zero-order chi connectivity index (χ0) is 12.2. The van der Waals surface area contributed by atoms with Crippen LogP contribution >= 0.6 is 0 Å². The molecule has 0 aromatic carbocycles. The van der Waals surface area contributed by atoms with Crippen molar-refractivity contribution in [2.45, 2.75) is 34.1 Å². The predicted octanol–water partition coefficient (Wildman–Crippen LogP) is 1.33. The molecule has 3 heteroatoms. The lowest BCUT2D eigenvalue weighted by atomic mass is 9.71. The number of fused-ring (bicyclic) bond motifs is 1. The van der Waals surface area contributed by atoms with E-state index in [4.69, 9.17) is 5.11 Å². The summed E-state index contributed by atoms with van der Waals surface area (Å²) in [7, 11) is 0. The van der Waals surface area contributed by atoms with Gasteiger partial charge in [-0.05, 0) is 6.42 Å². The largest absolute Gasteiger partial charge is 0.396 e. The Bertz CT molecular complexity index is 204. The molecule has 2 fully saturated rings. The van der Waals surface area contributed by atoms with Crippen molar-refractivity contribution in [2.24, 2.45) is 10.8 Å². The molecule has 0 aliphatic carbocycles. The Morgan fingerprint density at radius 1 is 1.12 bits per heavy atom. The molecule has 0 saturated carbocycles. The molecule has 0 bridgehead atoms. The number of hydrogen-bond acceptors (Lipinski definition) is 3. The van der Waals surface area contributed by atoms with Crippen LogP contribution in [0.3, 0.4) is 0 Å². The lowest BCUT2D eigenvalue weighted by molar-refractivity contribution is 0.212. The van der Waals surface area contributed by atoms with Crippen LogP contribution in [0.15, 0.2) is 0 Å². The van der Waals surface area contributed by atoms with E-state index in [1.54, 1.807) is 0 Å². The summed E-state index contributed by atoms with van der Waals surface area (Å²) in [6.45, 7) is 14.9. The van der Waals surface area contributed by atoms with Gasteiger partial charge in [-0.2, -0.15) is 0 Å². The Morgan fingerprint density at radius 3 is 2.06 bits per heavy atom. The van der Waals surface area contributed by atoms with Crippen molar-refractivity contribution in [3.8, 4) is 0 Å². The monoisotopic (exact) mass is 228 g/mol. The third kappa shape index (κ3) is 2.41. The number of aliphatic hydroxyl groups excluding tert-OH is 1. The smallest absolute Gasteiger partial charge is 0.0443 e. The van der Waals surface area contributed by atoms with Gasteiger partial charge in [0.25, 0.3) is 0 Å². The van der Waals surface area contributed by atoms with Gasteiger partial charge in [0.15, 0.2) is 0 Å². The van der Waals surface area contributed by atoms with E-state index >= 15 is 0 Å². The first-order valence-corrected chi connectivity index (χ1v) is 6.64. The standard InChI is InChI=1S/C11H22N2O.C2H6/c1-10-6-12-7-11(10,2)9-13(8-10)4-3-5-14;1-2/h12,14H,3-9H2,1-2H3;1-2H3/t10-,11+;. The summed E-state index contributed by atoms with van der Waals surface area (Å²) in [4.78, 5) is 2.51. The molecule has 0 aromatic heterocycles. The number of rotatable bonds is 3. The topological polar surface area (TPSA) is 35.5 Å². The first-order valence-electron chi connectivity index (χ1n) is 6.64. The highest BCUT2D eigenvalue weighted by molar-refractivity contribution is 5.08. The molecular formula is C13H28N2O. The van der Waals surface area contributed by atoms with Crippen molar-refractivity contribution in [1.82, 2.24) is 10.2 Å². The molecule has 2 rings (SSSR count). The maximum Gasteiger partial charge on any atom is 0.0443 e. The van der Waals surface area contributed by atoms with E-state index in [2.05, 4.69) is 24.1 Å². The van der Waals surface area contributed by atoms with Gasteiger partial charge in [-0.15, -0.1) is 0 Å². The maximum atomic E-state index is 8.82. The number of aliphatic hydroxyl groups is 1. The molecule has 0 radical (unpaired) electrons. The average molecular weight is 228 g/mol. The van der Waals surface area contributed by atoms with Gasteiger partial charge in [0.2, 0.25) is 0 Å². The van der Waals surface area contributed by atoms with E-state index in [0.29, 0.717) is 17.4 Å². The second-order valence-corrected chi connectivity index (χ2v) is 5.51. The van der Waals surface area contributed by atoms with E-state index < -0.39 is 0 Å². The van der Waals surface area contributed by atoms with Crippen LogP contribution in [0.5, 0.6) is 0 Å². The molecule has 0 aromatic rings. The van der Waals surface area contributed by atoms with E-state index in [-0.39, 0.29) is 0 Å². The average Bonchev–Trinajstić information content (AvgIpc) is 2.66. The van der Waals surface area contributed by atoms with E-state index in [1.807, 2.05) is 13.8 Å². The fourth-order valence-corrected chi connectivity index (χ4v) is 3.03. The fourth-order valence-electron chi connectivity index (χ4n) is 3.03. The van der Waals surface area contributed by atoms with Crippen LogP contribution in [0.4, 0.5) is 0 Å².